The quantitative estimate of drug-likeness (QED) is 0.745. The number of nitrogens with one attached hydrogen (secondary N) is 1. The van der Waals surface area contributed by atoms with Crippen LogP contribution in [0.4, 0.5) is 0 Å². The highest BCUT2D eigenvalue weighted by atomic mass is 16.4. The van der Waals surface area contributed by atoms with Crippen molar-refractivity contribution in [3.05, 3.63) is 0 Å². The van der Waals surface area contributed by atoms with Crippen molar-refractivity contribution in [1.82, 2.24) is 10.2 Å². The molecule has 136 valence electrons. The van der Waals surface area contributed by atoms with E-state index >= 15 is 0 Å². The van der Waals surface area contributed by atoms with E-state index in [9.17, 15) is 14.4 Å². The molecular weight excluding hydrogens is 308 g/mol. The molecule has 2 aliphatic rings. The molecule has 0 unspecified atom stereocenters. The minimum absolute atomic E-state index is 0.0134. The molecule has 2 rings (SSSR count). The van der Waals surface area contributed by atoms with Crippen LogP contribution < -0.4 is 5.32 Å². The number of hydrogen-bond donors (Lipinski definition) is 2. The molecule has 0 aromatic carbocycles. The molecule has 0 heterocycles. The van der Waals surface area contributed by atoms with Crippen molar-refractivity contribution in [3.63, 3.8) is 0 Å². The molecule has 2 saturated carbocycles. The lowest BCUT2D eigenvalue weighted by atomic mass is 9.85. The van der Waals surface area contributed by atoms with Gasteiger partial charge in [0.2, 0.25) is 11.8 Å². The molecule has 24 heavy (non-hydrogen) atoms. The van der Waals surface area contributed by atoms with Crippen LogP contribution in [0.15, 0.2) is 0 Å². The van der Waals surface area contributed by atoms with Gasteiger partial charge in [0.25, 0.3) is 0 Å². The van der Waals surface area contributed by atoms with Gasteiger partial charge in [0.05, 0.1) is 0 Å². The van der Waals surface area contributed by atoms with Crippen LogP contribution in [0, 0.1) is 11.8 Å². The lowest BCUT2D eigenvalue weighted by Crippen LogP contribution is -2.43. The van der Waals surface area contributed by atoms with Crippen LogP contribution in [0.2, 0.25) is 0 Å². The van der Waals surface area contributed by atoms with Gasteiger partial charge in [0.15, 0.2) is 0 Å². The molecule has 0 atom stereocenters. The Bertz CT molecular complexity index is 452. The van der Waals surface area contributed by atoms with E-state index in [4.69, 9.17) is 5.11 Å². The van der Waals surface area contributed by atoms with Gasteiger partial charge >= 0.3 is 5.97 Å². The molecule has 0 aromatic heterocycles. The molecule has 0 aromatic rings. The Morgan fingerprint density at radius 1 is 1.00 bits per heavy atom. The van der Waals surface area contributed by atoms with Crippen molar-refractivity contribution >= 4 is 17.8 Å². The number of nitrogens with zero attached hydrogens (tertiary/aromatic N) is 1. The number of aliphatic carboxylic acids is 1. The van der Waals surface area contributed by atoms with Crippen LogP contribution in [-0.4, -0.2) is 47.4 Å². The first-order valence-corrected chi connectivity index (χ1v) is 9.24. The molecule has 0 saturated heterocycles. The normalized spacial score (nSPS) is 24.5. The van der Waals surface area contributed by atoms with E-state index in [0.717, 1.165) is 51.4 Å². The Labute approximate surface area is 144 Å². The predicted octanol–water partition coefficient (Wildman–Crippen LogP) is 2.17. The summed E-state index contributed by atoms with van der Waals surface area (Å²) in [7, 11) is 1.75. The zero-order chi connectivity index (χ0) is 17.5. The number of hydrogen-bond acceptors (Lipinski definition) is 3. The van der Waals surface area contributed by atoms with Gasteiger partial charge in [-0.15, -0.1) is 0 Å². The summed E-state index contributed by atoms with van der Waals surface area (Å²) in [5.41, 5.74) is 0. The van der Waals surface area contributed by atoms with Crippen LogP contribution in [0.25, 0.3) is 0 Å². The van der Waals surface area contributed by atoms with Crippen LogP contribution in [0.1, 0.15) is 64.2 Å². The average Bonchev–Trinajstić information content (AvgIpc) is 3.09. The minimum atomic E-state index is -0.825. The van der Waals surface area contributed by atoms with E-state index in [0.29, 0.717) is 13.0 Å². The maximum Gasteiger partial charge on any atom is 0.303 e. The highest BCUT2D eigenvalue weighted by Gasteiger charge is 2.30. The lowest BCUT2D eigenvalue weighted by molar-refractivity contribution is -0.139. The Morgan fingerprint density at radius 3 is 2.21 bits per heavy atom. The molecule has 6 heteroatoms. The number of carbonyl (C=O) groups is 3. The molecule has 0 bridgehead atoms. The second kappa shape index (κ2) is 9.04. The number of carboxylic acid groups (broad SMARTS) is 1. The molecular formula is C18H30N2O4. The first kappa shape index (κ1) is 18.7. The highest BCUT2D eigenvalue weighted by molar-refractivity contribution is 5.80. The molecule has 2 N–H and O–H groups in total. The van der Waals surface area contributed by atoms with Crippen molar-refractivity contribution in [3.8, 4) is 0 Å². The molecule has 2 amide bonds. The second-order valence-corrected chi connectivity index (χ2v) is 7.30. The number of carboxylic acids is 1. The van der Waals surface area contributed by atoms with Crippen molar-refractivity contribution in [1.29, 1.82) is 0 Å². The maximum absolute atomic E-state index is 12.4. The third-order valence-electron chi connectivity index (χ3n) is 5.41. The summed E-state index contributed by atoms with van der Waals surface area (Å²) in [6.07, 6.45) is 8.26. The largest absolute Gasteiger partial charge is 0.481 e. The Hall–Kier alpha value is -1.59. The molecule has 0 spiro atoms. The average molecular weight is 338 g/mol. The molecule has 2 aliphatic carbocycles. The SMILES string of the molecule is CN(CCCC(=O)O)C(=O)C1CCC(NC(=O)C2CCCC2)CC1. The van der Waals surface area contributed by atoms with E-state index in [2.05, 4.69) is 5.32 Å². The third kappa shape index (κ3) is 5.49. The van der Waals surface area contributed by atoms with Gasteiger partial charge in [-0.3, -0.25) is 14.4 Å². The third-order valence-corrected chi connectivity index (χ3v) is 5.41. The van der Waals surface area contributed by atoms with Gasteiger partial charge < -0.3 is 15.3 Å². The van der Waals surface area contributed by atoms with Crippen LogP contribution in [-0.2, 0) is 14.4 Å². The zero-order valence-corrected chi connectivity index (χ0v) is 14.6. The summed E-state index contributed by atoms with van der Waals surface area (Å²) in [4.78, 5) is 36.8. The van der Waals surface area contributed by atoms with E-state index in [1.54, 1.807) is 11.9 Å². The predicted molar refractivity (Wildman–Crippen MR) is 90.4 cm³/mol. The van der Waals surface area contributed by atoms with E-state index in [1.165, 1.54) is 0 Å². The summed E-state index contributed by atoms with van der Waals surface area (Å²) in [5, 5.41) is 11.8. The fourth-order valence-electron chi connectivity index (χ4n) is 3.88. The molecule has 0 aliphatic heterocycles. The zero-order valence-electron chi connectivity index (χ0n) is 14.6. The number of carbonyl (C=O) groups excluding carboxylic acids is 2. The molecule has 6 nitrogen and oxygen atoms in total. The fraction of sp³-hybridized carbons (Fsp3) is 0.833. The first-order valence-electron chi connectivity index (χ1n) is 9.24. The van der Waals surface area contributed by atoms with Crippen molar-refractivity contribution in [2.24, 2.45) is 11.8 Å². The van der Waals surface area contributed by atoms with Crippen LogP contribution >= 0.6 is 0 Å². The first-order chi connectivity index (χ1) is 11.5. The van der Waals surface area contributed by atoms with Gasteiger partial charge in [-0.25, -0.2) is 0 Å². The van der Waals surface area contributed by atoms with Gasteiger partial charge in [-0.05, 0) is 44.9 Å². The second-order valence-electron chi connectivity index (χ2n) is 7.30. The Balaban J connectivity index is 1.68. The van der Waals surface area contributed by atoms with E-state index < -0.39 is 5.97 Å². The summed E-state index contributed by atoms with van der Waals surface area (Å²) in [6.45, 7) is 0.490. The van der Waals surface area contributed by atoms with Gasteiger partial charge in [0.1, 0.15) is 0 Å². The standard InChI is InChI=1S/C18H30N2O4/c1-20(12-4-7-16(21)22)18(24)14-8-10-15(11-9-14)19-17(23)13-5-2-3-6-13/h13-15H,2-12H2,1H3,(H,19,23)(H,21,22). The maximum atomic E-state index is 12.4. The molecule has 0 radical (unpaired) electrons. The van der Waals surface area contributed by atoms with E-state index in [1.807, 2.05) is 0 Å². The van der Waals surface area contributed by atoms with E-state index in [-0.39, 0.29) is 36.1 Å². The highest BCUT2D eigenvalue weighted by Crippen LogP contribution is 2.28. The molecule has 2 fully saturated rings. The summed E-state index contributed by atoms with van der Waals surface area (Å²) >= 11 is 0. The van der Waals surface area contributed by atoms with Gasteiger partial charge in [0, 0.05) is 37.9 Å². The number of rotatable bonds is 7. The van der Waals surface area contributed by atoms with Crippen molar-refractivity contribution in [2.45, 2.75) is 70.3 Å². The van der Waals surface area contributed by atoms with Crippen LogP contribution in [0.5, 0.6) is 0 Å². The van der Waals surface area contributed by atoms with Crippen LogP contribution in [0.3, 0.4) is 0 Å². The number of amides is 2. The Morgan fingerprint density at radius 2 is 1.62 bits per heavy atom. The smallest absolute Gasteiger partial charge is 0.303 e. The summed E-state index contributed by atoms with van der Waals surface area (Å²) in [5.74, 6) is -0.299. The minimum Gasteiger partial charge on any atom is -0.481 e. The van der Waals surface area contributed by atoms with Crippen molar-refractivity contribution in [2.75, 3.05) is 13.6 Å². The topological polar surface area (TPSA) is 86.7 Å². The lowest BCUT2D eigenvalue weighted by Gasteiger charge is -2.31. The Kier molecular flexibility index (Phi) is 7.06. The monoisotopic (exact) mass is 338 g/mol. The van der Waals surface area contributed by atoms with Crippen molar-refractivity contribution < 1.29 is 19.5 Å². The van der Waals surface area contributed by atoms with Gasteiger partial charge in [-0.2, -0.15) is 0 Å². The van der Waals surface area contributed by atoms with Gasteiger partial charge in [-0.1, -0.05) is 12.8 Å². The summed E-state index contributed by atoms with van der Waals surface area (Å²) in [6, 6.07) is 0.208. The fourth-order valence-corrected chi connectivity index (χ4v) is 3.88. The summed E-state index contributed by atoms with van der Waals surface area (Å²) < 4.78 is 0.